The van der Waals surface area contributed by atoms with E-state index in [-0.39, 0.29) is 46.4 Å². The number of pyridine rings is 3. The van der Waals surface area contributed by atoms with E-state index >= 15 is 4.39 Å². The van der Waals surface area contributed by atoms with E-state index in [0.717, 1.165) is 30.2 Å². The molecule has 1 saturated heterocycles. The van der Waals surface area contributed by atoms with E-state index in [4.69, 9.17) is 19.8 Å². The Bertz CT molecular complexity index is 1900. The standard InChI is InChI=1S/C33H29FN8O4.CH2O2/c1-46-30-13-28(34)25(12-29(30)43)27-19-40-33(26(15-36)32(27)21-4-6-23(14-35)38-17-21)42-10-8-22(9-11-42)39-18-24-5-2-20(16-37-24)3-7-31(44)41-45;2-1-3/h2-7,12-13,16-17,19,22,39,43,45H,8-11,18H2,1H3,(H,41,44);1H,(H,2,3)/b7-3+;. The summed E-state index contributed by atoms with van der Waals surface area (Å²) in [5.41, 5.74) is 4.68. The maximum absolute atomic E-state index is 15.3. The molecule has 4 aromatic rings. The van der Waals surface area contributed by atoms with Crippen LogP contribution in [-0.4, -0.2) is 69.0 Å². The second-order valence-electron chi connectivity index (χ2n) is 10.5. The molecule has 0 bridgehead atoms. The average molecular weight is 667 g/mol. The number of amides is 1. The third-order valence-corrected chi connectivity index (χ3v) is 7.65. The molecular formula is C34H31FN8O6. The maximum Gasteiger partial charge on any atom is 0.290 e. The number of benzene rings is 1. The van der Waals surface area contributed by atoms with E-state index in [1.54, 1.807) is 18.3 Å². The highest BCUT2D eigenvalue weighted by Crippen LogP contribution is 2.42. The molecule has 4 heterocycles. The minimum atomic E-state index is -0.669. The topological polar surface area (TPSA) is 218 Å². The number of nitriles is 2. The fraction of sp³-hybridized carbons (Fsp3) is 0.206. The number of methoxy groups -OCH3 is 1. The molecule has 5 rings (SSSR count). The molecule has 0 saturated carbocycles. The molecule has 0 aliphatic carbocycles. The minimum absolute atomic E-state index is 0.0286. The van der Waals surface area contributed by atoms with Crippen molar-refractivity contribution in [2.45, 2.75) is 25.4 Å². The molecule has 0 atom stereocenters. The van der Waals surface area contributed by atoms with Crippen LogP contribution in [0.1, 0.15) is 35.4 Å². The fourth-order valence-corrected chi connectivity index (χ4v) is 5.26. The van der Waals surface area contributed by atoms with Gasteiger partial charge in [0.05, 0.1) is 12.8 Å². The highest BCUT2D eigenvalue weighted by Gasteiger charge is 2.27. The van der Waals surface area contributed by atoms with Gasteiger partial charge in [-0.1, -0.05) is 6.07 Å². The Hall–Kier alpha value is -6.42. The van der Waals surface area contributed by atoms with Gasteiger partial charge in [0.25, 0.3) is 12.4 Å². The summed E-state index contributed by atoms with van der Waals surface area (Å²) in [6, 6.07) is 13.6. The van der Waals surface area contributed by atoms with Crippen LogP contribution in [0.5, 0.6) is 11.5 Å². The lowest BCUT2D eigenvalue weighted by atomic mass is 9.92. The zero-order valence-electron chi connectivity index (χ0n) is 26.2. The number of rotatable bonds is 9. The summed E-state index contributed by atoms with van der Waals surface area (Å²) in [6.45, 7) is 1.50. The summed E-state index contributed by atoms with van der Waals surface area (Å²) in [7, 11) is 1.32. The van der Waals surface area contributed by atoms with Crippen LogP contribution >= 0.6 is 0 Å². The van der Waals surface area contributed by atoms with Gasteiger partial charge in [-0.05, 0) is 48.7 Å². The number of piperidine rings is 1. The minimum Gasteiger partial charge on any atom is -0.504 e. The number of anilines is 1. The van der Waals surface area contributed by atoms with Crippen LogP contribution in [0.2, 0.25) is 0 Å². The fourth-order valence-electron chi connectivity index (χ4n) is 5.26. The van der Waals surface area contributed by atoms with Gasteiger partial charge in [-0.15, -0.1) is 0 Å². The number of hydroxylamine groups is 1. The van der Waals surface area contributed by atoms with E-state index in [2.05, 4.69) is 26.3 Å². The third-order valence-electron chi connectivity index (χ3n) is 7.65. The number of nitrogens with one attached hydrogen (secondary N) is 2. The van der Waals surface area contributed by atoms with Crippen molar-refractivity contribution >= 4 is 24.3 Å². The van der Waals surface area contributed by atoms with Gasteiger partial charge < -0.3 is 25.2 Å². The number of carbonyl (C=O) groups is 2. The molecule has 250 valence electrons. The van der Waals surface area contributed by atoms with Crippen molar-refractivity contribution < 1.29 is 34.1 Å². The number of carbonyl (C=O) groups excluding carboxylic acids is 1. The number of aromatic nitrogens is 3. The number of ether oxygens (including phenoxy) is 1. The Morgan fingerprint density at radius 2 is 1.84 bits per heavy atom. The van der Waals surface area contributed by atoms with E-state index in [0.29, 0.717) is 36.6 Å². The molecule has 1 fully saturated rings. The molecule has 5 N–H and O–H groups in total. The molecule has 0 unspecified atom stereocenters. The molecule has 0 radical (unpaired) electrons. The van der Waals surface area contributed by atoms with E-state index < -0.39 is 11.7 Å². The van der Waals surface area contributed by atoms with Gasteiger partial charge in [0, 0.05) is 78.7 Å². The first-order chi connectivity index (χ1) is 23.8. The lowest BCUT2D eigenvalue weighted by molar-refractivity contribution is -0.124. The first kappa shape index (κ1) is 35.4. The van der Waals surface area contributed by atoms with Crippen molar-refractivity contribution in [2.24, 2.45) is 0 Å². The number of carboxylic acid groups (broad SMARTS) is 1. The van der Waals surface area contributed by atoms with E-state index in [9.17, 15) is 20.4 Å². The molecule has 49 heavy (non-hydrogen) atoms. The van der Waals surface area contributed by atoms with Crippen molar-refractivity contribution in [1.29, 1.82) is 10.5 Å². The normalized spacial score (nSPS) is 12.7. The van der Waals surface area contributed by atoms with Crippen molar-refractivity contribution in [3.05, 3.63) is 89.4 Å². The summed E-state index contributed by atoms with van der Waals surface area (Å²) >= 11 is 0. The van der Waals surface area contributed by atoms with E-state index in [1.165, 1.54) is 43.2 Å². The lowest BCUT2D eigenvalue weighted by Crippen LogP contribution is -2.43. The molecule has 1 aromatic carbocycles. The number of hydrogen-bond donors (Lipinski definition) is 5. The van der Waals surface area contributed by atoms with Crippen LogP contribution in [0.15, 0.2) is 61.1 Å². The van der Waals surface area contributed by atoms with Crippen LogP contribution in [0, 0.1) is 28.5 Å². The van der Waals surface area contributed by atoms with Crippen LogP contribution in [-0.2, 0) is 16.1 Å². The average Bonchev–Trinajstić information content (AvgIpc) is 3.14. The van der Waals surface area contributed by atoms with Crippen LogP contribution < -0.4 is 20.4 Å². The molecule has 1 aliphatic rings. The number of aromatic hydroxyl groups is 1. The monoisotopic (exact) mass is 666 g/mol. The van der Waals surface area contributed by atoms with Crippen molar-refractivity contribution in [3.8, 4) is 45.9 Å². The Kier molecular flexibility index (Phi) is 12.2. The summed E-state index contributed by atoms with van der Waals surface area (Å²) in [5.74, 6) is -1.15. The lowest BCUT2D eigenvalue weighted by Gasteiger charge is -2.34. The first-order valence-electron chi connectivity index (χ1n) is 14.8. The Labute approximate surface area is 280 Å². The van der Waals surface area contributed by atoms with Crippen molar-refractivity contribution in [3.63, 3.8) is 0 Å². The molecule has 15 heteroatoms. The van der Waals surface area contributed by atoms with Gasteiger partial charge in [-0.3, -0.25) is 19.8 Å². The summed E-state index contributed by atoms with van der Waals surface area (Å²) in [4.78, 5) is 34.7. The predicted molar refractivity (Wildman–Crippen MR) is 174 cm³/mol. The number of hydrogen-bond acceptors (Lipinski definition) is 12. The van der Waals surface area contributed by atoms with Crippen LogP contribution in [0.3, 0.4) is 0 Å². The first-order valence-corrected chi connectivity index (χ1v) is 14.8. The molecule has 3 aromatic heterocycles. The quantitative estimate of drug-likeness (QED) is 0.0744. The third kappa shape index (κ3) is 8.69. The van der Waals surface area contributed by atoms with Gasteiger partial charge in [-0.25, -0.2) is 19.8 Å². The molecule has 1 amide bonds. The zero-order valence-corrected chi connectivity index (χ0v) is 26.2. The Balaban J connectivity index is 0.00000174. The van der Waals surface area contributed by atoms with Gasteiger partial charge in [0.1, 0.15) is 35.0 Å². The number of phenols is 1. The van der Waals surface area contributed by atoms with E-state index in [1.807, 2.05) is 23.1 Å². The highest BCUT2D eigenvalue weighted by atomic mass is 19.1. The number of nitrogens with zero attached hydrogens (tertiary/aromatic N) is 6. The summed E-state index contributed by atoms with van der Waals surface area (Å²) < 4.78 is 20.4. The highest BCUT2D eigenvalue weighted by molar-refractivity contribution is 5.91. The van der Waals surface area contributed by atoms with Gasteiger partial charge >= 0.3 is 0 Å². The molecule has 0 spiro atoms. The van der Waals surface area contributed by atoms with Crippen LogP contribution in [0.25, 0.3) is 28.3 Å². The number of halogens is 1. The Morgan fingerprint density at radius 3 is 2.43 bits per heavy atom. The second-order valence-corrected chi connectivity index (χ2v) is 10.5. The van der Waals surface area contributed by atoms with Crippen LogP contribution in [0.4, 0.5) is 10.2 Å². The largest absolute Gasteiger partial charge is 0.504 e. The zero-order chi connectivity index (χ0) is 35.3. The molecular weight excluding hydrogens is 635 g/mol. The summed E-state index contributed by atoms with van der Waals surface area (Å²) in [6.07, 6.45) is 8.86. The van der Waals surface area contributed by atoms with Crippen molar-refractivity contribution in [2.75, 3.05) is 25.1 Å². The summed E-state index contributed by atoms with van der Waals surface area (Å²) in [5, 5.41) is 49.1. The second kappa shape index (κ2) is 16.9. The smallest absolute Gasteiger partial charge is 0.290 e. The Morgan fingerprint density at radius 1 is 1.08 bits per heavy atom. The molecule has 14 nitrogen and oxygen atoms in total. The van der Waals surface area contributed by atoms with Crippen molar-refractivity contribution in [1.82, 2.24) is 25.7 Å². The maximum atomic E-state index is 15.3. The molecule has 1 aliphatic heterocycles. The predicted octanol–water partition coefficient (Wildman–Crippen LogP) is 3.78. The number of phenolic OH excluding ortho intramolecular Hbond substituents is 1. The van der Waals surface area contributed by atoms with Gasteiger partial charge in [-0.2, -0.15) is 10.5 Å². The van der Waals surface area contributed by atoms with Gasteiger partial charge in [0.15, 0.2) is 11.5 Å². The SMILES string of the molecule is COc1cc(F)c(-c2cnc(N3CCC(NCc4ccc(/C=C/C(=O)NO)cn4)CC3)c(C#N)c2-c2ccc(C#N)nc2)cc1O.O=CO. The van der Waals surface area contributed by atoms with Gasteiger partial charge in [0.2, 0.25) is 0 Å².